The number of nitro benzene ring substituents is 1. The monoisotopic (exact) mass is 294 g/mol. The summed E-state index contributed by atoms with van der Waals surface area (Å²) in [7, 11) is 0. The number of nitrogens with zero attached hydrogens (tertiary/aromatic N) is 2. The molecule has 1 saturated heterocycles. The Hall–Kier alpha value is -1.73. The zero-order valence-corrected chi connectivity index (χ0v) is 11.7. The Kier molecular flexibility index (Phi) is 3.96. The van der Waals surface area contributed by atoms with E-state index in [1.807, 2.05) is 6.92 Å². The third-order valence-electron chi connectivity index (χ3n) is 2.61. The van der Waals surface area contributed by atoms with E-state index in [4.69, 9.17) is 12.2 Å². The summed E-state index contributed by atoms with van der Waals surface area (Å²) in [6, 6.07) is 6.30. The van der Waals surface area contributed by atoms with Crippen molar-refractivity contribution in [1.82, 2.24) is 4.90 Å². The second kappa shape index (κ2) is 5.50. The van der Waals surface area contributed by atoms with E-state index in [1.165, 1.54) is 28.8 Å². The molecular formula is C12H10N2O3S2. The van der Waals surface area contributed by atoms with Gasteiger partial charge >= 0.3 is 0 Å². The van der Waals surface area contributed by atoms with E-state index < -0.39 is 4.92 Å². The van der Waals surface area contributed by atoms with E-state index >= 15 is 0 Å². The summed E-state index contributed by atoms with van der Waals surface area (Å²) in [5.74, 6) is -0.198. The van der Waals surface area contributed by atoms with Crippen LogP contribution in [0.4, 0.5) is 5.69 Å². The predicted octanol–water partition coefficient (Wildman–Crippen LogP) is 2.82. The van der Waals surface area contributed by atoms with Gasteiger partial charge in [-0.1, -0.05) is 36.1 Å². The van der Waals surface area contributed by atoms with Crippen LogP contribution in [0.2, 0.25) is 0 Å². The molecule has 0 saturated carbocycles. The van der Waals surface area contributed by atoms with Crippen molar-refractivity contribution < 1.29 is 9.72 Å². The number of hydrogen-bond acceptors (Lipinski definition) is 5. The summed E-state index contributed by atoms with van der Waals surface area (Å²) in [6.45, 7) is 2.33. The Morgan fingerprint density at radius 2 is 2.16 bits per heavy atom. The summed E-state index contributed by atoms with van der Waals surface area (Å²) in [5, 5.41) is 10.9. The highest BCUT2D eigenvalue weighted by Crippen LogP contribution is 2.33. The minimum Gasteiger partial charge on any atom is -0.293 e. The van der Waals surface area contributed by atoms with Crippen LogP contribution in [-0.4, -0.2) is 26.6 Å². The summed E-state index contributed by atoms with van der Waals surface area (Å²) >= 11 is 6.26. The maximum atomic E-state index is 12.0. The van der Waals surface area contributed by atoms with Crippen LogP contribution in [0.15, 0.2) is 29.2 Å². The molecule has 1 heterocycles. The lowest BCUT2D eigenvalue weighted by Crippen LogP contribution is -2.27. The van der Waals surface area contributed by atoms with E-state index in [1.54, 1.807) is 18.2 Å². The number of amides is 1. The highest BCUT2D eigenvalue weighted by molar-refractivity contribution is 8.26. The van der Waals surface area contributed by atoms with Crippen LogP contribution in [0.1, 0.15) is 12.5 Å². The molecule has 0 aliphatic carbocycles. The standard InChI is InChI=1S/C12H10N2O3S2/c1-2-13-11(15)10(19-12(13)18)7-8-5-3-4-6-9(8)14(16)17/h3-7H,2H2,1H3. The number of hydrogen-bond donors (Lipinski definition) is 0. The Morgan fingerprint density at radius 1 is 1.47 bits per heavy atom. The van der Waals surface area contributed by atoms with Crippen molar-refractivity contribution in [3.63, 3.8) is 0 Å². The molecule has 0 N–H and O–H groups in total. The average Bonchev–Trinajstić information content (AvgIpc) is 2.64. The summed E-state index contributed by atoms with van der Waals surface area (Å²) in [5.41, 5.74) is 0.383. The number of para-hydroxylation sites is 1. The molecule has 0 spiro atoms. The molecule has 7 heteroatoms. The summed E-state index contributed by atoms with van der Waals surface area (Å²) < 4.78 is 0.484. The average molecular weight is 294 g/mol. The molecule has 1 aliphatic rings. The zero-order chi connectivity index (χ0) is 14.0. The smallest absolute Gasteiger partial charge is 0.276 e. The van der Waals surface area contributed by atoms with Crippen LogP contribution in [0.25, 0.3) is 6.08 Å². The Bertz CT molecular complexity index is 598. The first-order valence-corrected chi connectivity index (χ1v) is 6.76. The molecule has 0 radical (unpaired) electrons. The SMILES string of the molecule is CCN1C(=O)C(=Cc2ccccc2[N+](=O)[O-])SC1=S. The fraction of sp³-hybridized carbons (Fsp3) is 0.167. The van der Waals surface area contributed by atoms with Crippen molar-refractivity contribution in [1.29, 1.82) is 0 Å². The molecule has 98 valence electrons. The normalized spacial score (nSPS) is 17.3. The number of thioether (sulfide) groups is 1. The molecule has 1 aromatic carbocycles. The van der Waals surface area contributed by atoms with Gasteiger partial charge in [0.15, 0.2) is 0 Å². The summed E-state index contributed by atoms with van der Waals surface area (Å²) in [4.78, 5) is 24.3. The maximum absolute atomic E-state index is 12.0. The van der Waals surface area contributed by atoms with Gasteiger partial charge in [-0.3, -0.25) is 19.8 Å². The molecule has 1 aromatic rings. The highest BCUT2D eigenvalue weighted by atomic mass is 32.2. The lowest BCUT2D eigenvalue weighted by molar-refractivity contribution is -0.385. The molecule has 1 fully saturated rings. The Labute approximate surface area is 119 Å². The first-order chi connectivity index (χ1) is 9.04. The number of benzene rings is 1. The number of nitro groups is 1. The van der Waals surface area contributed by atoms with E-state index in [2.05, 4.69) is 0 Å². The lowest BCUT2D eigenvalue weighted by atomic mass is 10.1. The Balaban J connectivity index is 2.41. The van der Waals surface area contributed by atoms with Gasteiger partial charge in [-0.25, -0.2) is 0 Å². The van der Waals surface area contributed by atoms with Gasteiger partial charge in [0.1, 0.15) is 4.32 Å². The van der Waals surface area contributed by atoms with Gasteiger partial charge in [-0.05, 0) is 19.1 Å². The van der Waals surface area contributed by atoms with Gasteiger partial charge in [0.2, 0.25) is 0 Å². The summed E-state index contributed by atoms with van der Waals surface area (Å²) in [6.07, 6.45) is 1.52. The van der Waals surface area contributed by atoms with Crippen LogP contribution in [0, 0.1) is 10.1 Å². The van der Waals surface area contributed by atoms with Crippen molar-refractivity contribution in [2.24, 2.45) is 0 Å². The number of rotatable bonds is 3. The highest BCUT2D eigenvalue weighted by Gasteiger charge is 2.31. The van der Waals surface area contributed by atoms with E-state index in [0.717, 1.165) is 0 Å². The third-order valence-corrected chi connectivity index (χ3v) is 3.99. The van der Waals surface area contributed by atoms with E-state index in [9.17, 15) is 14.9 Å². The first-order valence-electron chi connectivity index (χ1n) is 5.53. The van der Waals surface area contributed by atoms with Crippen molar-refractivity contribution in [3.05, 3.63) is 44.8 Å². The van der Waals surface area contributed by atoms with Crippen LogP contribution < -0.4 is 0 Å². The molecule has 2 rings (SSSR count). The fourth-order valence-corrected chi connectivity index (χ4v) is 3.06. The second-order valence-electron chi connectivity index (χ2n) is 3.74. The van der Waals surface area contributed by atoms with Crippen molar-refractivity contribution in [2.45, 2.75) is 6.92 Å². The number of thiocarbonyl (C=S) groups is 1. The van der Waals surface area contributed by atoms with Crippen LogP contribution in [0.5, 0.6) is 0 Å². The predicted molar refractivity (Wildman–Crippen MR) is 78.6 cm³/mol. The number of carbonyl (C=O) groups excluding carboxylic acids is 1. The van der Waals surface area contributed by atoms with Gasteiger partial charge in [0, 0.05) is 12.6 Å². The van der Waals surface area contributed by atoms with Crippen molar-refractivity contribution >= 4 is 46.0 Å². The minimum absolute atomic E-state index is 0.0238. The van der Waals surface area contributed by atoms with Gasteiger partial charge in [0.25, 0.3) is 11.6 Å². The van der Waals surface area contributed by atoms with Crippen LogP contribution in [0.3, 0.4) is 0 Å². The number of carbonyl (C=O) groups is 1. The van der Waals surface area contributed by atoms with Gasteiger partial charge < -0.3 is 0 Å². The quantitative estimate of drug-likeness (QED) is 0.371. The molecule has 19 heavy (non-hydrogen) atoms. The zero-order valence-electron chi connectivity index (χ0n) is 10.0. The van der Waals surface area contributed by atoms with Gasteiger partial charge in [0.05, 0.1) is 15.4 Å². The minimum atomic E-state index is -0.466. The Morgan fingerprint density at radius 3 is 2.74 bits per heavy atom. The van der Waals surface area contributed by atoms with Crippen molar-refractivity contribution in [2.75, 3.05) is 6.54 Å². The third kappa shape index (κ3) is 2.66. The molecule has 1 aliphatic heterocycles. The maximum Gasteiger partial charge on any atom is 0.276 e. The molecular weight excluding hydrogens is 284 g/mol. The molecule has 0 atom stereocenters. The molecule has 0 unspecified atom stereocenters. The van der Waals surface area contributed by atoms with Crippen LogP contribution in [-0.2, 0) is 4.79 Å². The van der Waals surface area contributed by atoms with E-state index in [0.29, 0.717) is 21.3 Å². The van der Waals surface area contributed by atoms with Crippen molar-refractivity contribution in [3.8, 4) is 0 Å². The molecule has 0 aromatic heterocycles. The molecule has 0 bridgehead atoms. The van der Waals surface area contributed by atoms with Gasteiger partial charge in [-0.15, -0.1) is 0 Å². The number of likely N-dealkylation sites (N-methyl/N-ethyl adjacent to an activating group) is 1. The fourth-order valence-electron chi connectivity index (χ4n) is 1.69. The second-order valence-corrected chi connectivity index (χ2v) is 5.42. The first kappa shape index (κ1) is 13.7. The van der Waals surface area contributed by atoms with Crippen LogP contribution >= 0.6 is 24.0 Å². The molecule has 1 amide bonds. The van der Waals surface area contributed by atoms with E-state index in [-0.39, 0.29) is 11.6 Å². The topological polar surface area (TPSA) is 63.5 Å². The largest absolute Gasteiger partial charge is 0.293 e. The molecule has 5 nitrogen and oxygen atoms in total. The van der Waals surface area contributed by atoms with Gasteiger partial charge in [-0.2, -0.15) is 0 Å². The lowest BCUT2D eigenvalue weighted by Gasteiger charge is -2.09.